The first kappa shape index (κ1) is 11.3. The molecule has 3 heteroatoms. The zero-order chi connectivity index (χ0) is 11.4. The molecule has 1 unspecified atom stereocenters. The Balaban J connectivity index is 2.05. The van der Waals surface area contributed by atoms with Gasteiger partial charge in [-0.15, -0.1) is 0 Å². The fraction of sp³-hybridized carbons (Fsp3) is 0.154. The number of halogens is 1. The van der Waals surface area contributed by atoms with E-state index in [0.29, 0.717) is 6.42 Å². The predicted molar refractivity (Wildman–Crippen MR) is 70.3 cm³/mol. The molecule has 1 atom stereocenters. The lowest BCUT2D eigenvalue weighted by atomic mass is 10.1. The number of benzene rings is 1. The second-order valence-corrected chi connectivity index (χ2v) is 5.03. The molecule has 0 heterocycles. The molecular weight excluding hydrogens is 266 g/mol. The average Bonchev–Trinajstić information content (AvgIpc) is 2.29. The van der Waals surface area contributed by atoms with Gasteiger partial charge in [0.15, 0.2) is 0 Å². The zero-order valence-electron chi connectivity index (χ0n) is 8.68. The average molecular weight is 278 g/mol. The highest BCUT2D eigenvalue weighted by Gasteiger charge is 2.19. The maximum Gasteiger partial charge on any atom is 0.141 e. The van der Waals surface area contributed by atoms with Crippen molar-refractivity contribution in [2.45, 2.75) is 10.9 Å². The van der Waals surface area contributed by atoms with Crippen LogP contribution in [-0.2, 0) is 0 Å². The van der Waals surface area contributed by atoms with Crippen molar-refractivity contribution in [2.24, 2.45) is 4.99 Å². The van der Waals surface area contributed by atoms with Crippen LogP contribution in [0, 0.1) is 0 Å². The molecule has 0 fully saturated rings. The number of hydrogen-bond donors (Lipinski definition) is 1. The summed E-state index contributed by atoms with van der Waals surface area (Å²) >= 11 is 3.20. The Morgan fingerprint density at radius 2 is 2.06 bits per heavy atom. The molecule has 0 saturated heterocycles. The Hall–Kier alpha value is -1.19. The summed E-state index contributed by atoms with van der Waals surface area (Å²) in [7, 11) is 0. The van der Waals surface area contributed by atoms with E-state index in [-0.39, 0.29) is 0 Å². The second kappa shape index (κ2) is 4.76. The van der Waals surface area contributed by atoms with Crippen LogP contribution >= 0.6 is 15.9 Å². The van der Waals surface area contributed by atoms with E-state index < -0.39 is 4.51 Å². The summed E-state index contributed by atoms with van der Waals surface area (Å²) in [6.45, 7) is 0. The van der Waals surface area contributed by atoms with E-state index in [1.54, 1.807) is 12.3 Å². The highest BCUT2D eigenvalue weighted by molar-refractivity contribution is 9.10. The Kier molecular flexibility index (Phi) is 3.36. The van der Waals surface area contributed by atoms with Gasteiger partial charge in [0.1, 0.15) is 4.51 Å². The van der Waals surface area contributed by atoms with Crippen molar-refractivity contribution in [3.63, 3.8) is 0 Å². The summed E-state index contributed by atoms with van der Waals surface area (Å²) in [5, 5.41) is 9.62. The van der Waals surface area contributed by atoms with Gasteiger partial charge in [0.25, 0.3) is 0 Å². The number of aliphatic imine (C=N–C) groups is 1. The highest BCUT2D eigenvalue weighted by Crippen LogP contribution is 2.26. The van der Waals surface area contributed by atoms with Crippen LogP contribution in [0.2, 0.25) is 0 Å². The largest absolute Gasteiger partial charge is 0.375 e. The van der Waals surface area contributed by atoms with Gasteiger partial charge in [-0.05, 0) is 39.7 Å². The van der Waals surface area contributed by atoms with Crippen LogP contribution in [0.15, 0.2) is 59.1 Å². The molecule has 0 aromatic heterocycles. The van der Waals surface area contributed by atoms with Crippen LogP contribution in [0.5, 0.6) is 0 Å². The molecule has 2 nitrogen and oxygen atoms in total. The van der Waals surface area contributed by atoms with Crippen molar-refractivity contribution in [2.75, 3.05) is 0 Å². The molecule has 1 aromatic rings. The molecule has 0 aliphatic heterocycles. The van der Waals surface area contributed by atoms with Gasteiger partial charge in [-0.1, -0.05) is 30.4 Å². The second-order valence-electron chi connectivity index (χ2n) is 3.65. The van der Waals surface area contributed by atoms with Crippen molar-refractivity contribution in [3.05, 3.63) is 54.1 Å². The van der Waals surface area contributed by atoms with Gasteiger partial charge in [0, 0.05) is 12.6 Å². The van der Waals surface area contributed by atoms with E-state index in [1.807, 2.05) is 42.5 Å². The van der Waals surface area contributed by atoms with Crippen LogP contribution in [0.3, 0.4) is 0 Å². The number of allylic oxidation sites excluding steroid dienone is 2. The third-order valence-electron chi connectivity index (χ3n) is 2.27. The molecule has 16 heavy (non-hydrogen) atoms. The highest BCUT2D eigenvalue weighted by atomic mass is 79.9. The van der Waals surface area contributed by atoms with Gasteiger partial charge in [0.2, 0.25) is 0 Å². The summed E-state index contributed by atoms with van der Waals surface area (Å²) in [6.07, 6.45) is 7.87. The van der Waals surface area contributed by atoms with Crippen LogP contribution in [-0.4, -0.2) is 15.8 Å². The normalized spacial score (nSPS) is 24.8. The van der Waals surface area contributed by atoms with Gasteiger partial charge in [-0.2, -0.15) is 0 Å². The van der Waals surface area contributed by atoms with E-state index in [2.05, 4.69) is 20.9 Å². The van der Waals surface area contributed by atoms with Crippen molar-refractivity contribution in [1.82, 2.24) is 0 Å². The minimum Gasteiger partial charge on any atom is -0.375 e. The van der Waals surface area contributed by atoms with Gasteiger partial charge < -0.3 is 5.11 Å². The minimum absolute atomic E-state index is 0.555. The molecular formula is C13H12BrNO. The number of nitrogens with zero attached hydrogens (tertiary/aromatic N) is 1. The number of rotatable bonds is 2. The SMILES string of the molecule is OC1(Br)C=CC(C=Nc2ccccc2)=CC1. The molecule has 1 aliphatic carbocycles. The maximum absolute atomic E-state index is 9.62. The number of aliphatic hydroxyl groups is 1. The van der Waals surface area contributed by atoms with E-state index in [1.165, 1.54) is 0 Å². The molecule has 0 saturated carbocycles. The number of alkyl halides is 1. The van der Waals surface area contributed by atoms with E-state index in [0.717, 1.165) is 11.3 Å². The fourth-order valence-electron chi connectivity index (χ4n) is 1.38. The number of hydrogen-bond acceptors (Lipinski definition) is 2. The summed E-state index contributed by atoms with van der Waals surface area (Å²) in [5.41, 5.74) is 1.93. The quantitative estimate of drug-likeness (QED) is 0.653. The van der Waals surface area contributed by atoms with E-state index >= 15 is 0 Å². The first-order chi connectivity index (χ1) is 7.66. The number of para-hydroxylation sites is 1. The Morgan fingerprint density at radius 1 is 1.31 bits per heavy atom. The van der Waals surface area contributed by atoms with Crippen LogP contribution in [0.4, 0.5) is 5.69 Å². The van der Waals surface area contributed by atoms with Crippen molar-refractivity contribution < 1.29 is 5.11 Å². The molecule has 0 spiro atoms. The zero-order valence-corrected chi connectivity index (χ0v) is 10.3. The van der Waals surface area contributed by atoms with E-state index in [9.17, 15) is 5.11 Å². The molecule has 82 valence electrons. The van der Waals surface area contributed by atoms with Gasteiger partial charge in [-0.3, -0.25) is 4.99 Å². The summed E-state index contributed by atoms with van der Waals surface area (Å²) in [4.78, 5) is 4.34. The Morgan fingerprint density at radius 3 is 2.69 bits per heavy atom. The first-order valence-electron chi connectivity index (χ1n) is 5.05. The van der Waals surface area contributed by atoms with Crippen molar-refractivity contribution in [3.8, 4) is 0 Å². The van der Waals surface area contributed by atoms with E-state index in [4.69, 9.17) is 0 Å². The van der Waals surface area contributed by atoms with Crippen LogP contribution in [0.1, 0.15) is 6.42 Å². The Bertz CT molecular complexity index is 446. The monoisotopic (exact) mass is 277 g/mol. The topological polar surface area (TPSA) is 32.6 Å². The van der Waals surface area contributed by atoms with Crippen molar-refractivity contribution in [1.29, 1.82) is 0 Å². The molecule has 2 rings (SSSR count). The molecule has 0 amide bonds. The standard InChI is InChI=1S/C13H12BrNO/c14-13(16)8-6-11(7-9-13)10-15-12-4-2-1-3-5-12/h1-8,10,16H,9H2. The Labute approximate surface area is 103 Å². The van der Waals surface area contributed by atoms with Crippen molar-refractivity contribution >= 4 is 27.8 Å². The van der Waals surface area contributed by atoms with Gasteiger partial charge >= 0.3 is 0 Å². The molecule has 0 radical (unpaired) electrons. The first-order valence-corrected chi connectivity index (χ1v) is 5.85. The summed E-state index contributed by atoms with van der Waals surface area (Å²) in [5.74, 6) is 0. The lowest BCUT2D eigenvalue weighted by Crippen LogP contribution is -2.17. The summed E-state index contributed by atoms with van der Waals surface area (Å²) in [6, 6.07) is 9.77. The lowest BCUT2D eigenvalue weighted by molar-refractivity contribution is 0.197. The molecule has 1 aliphatic rings. The predicted octanol–water partition coefficient (Wildman–Crippen LogP) is 3.36. The lowest BCUT2D eigenvalue weighted by Gasteiger charge is -2.17. The van der Waals surface area contributed by atoms with Gasteiger partial charge in [-0.25, -0.2) is 0 Å². The fourth-order valence-corrected chi connectivity index (χ4v) is 1.67. The third-order valence-corrected chi connectivity index (χ3v) is 2.86. The van der Waals surface area contributed by atoms with Crippen LogP contribution in [0.25, 0.3) is 0 Å². The smallest absolute Gasteiger partial charge is 0.141 e. The third kappa shape index (κ3) is 3.15. The minimum atomic E-state index is -0.892. The van der Waals surface area contributed by atoms with Crippen LogP contribution < -0.4 is 0 Å². The maximum atomic E-state index is 9.62. The molecule has 1 aromatic carbocycles. The molecule has 0 bridgehead atoms. The molecule has 1 N–H and O–H groups in total. The summed E-state index contributed by atoms with van der Waals surface area (Å²) < 4.78 is -0.892. The van der Waals surface area contributed by atoms with Gasteiger partial charge in [0.05, 0.1) is 5.69 Å².